The fourth-order valence-corrected chi connectivity index (χ4v) is 6.12. The Kier molecular flexibility index (Phi) is 5.97. The molecule has 1 amide bonds. The van der Waals surface area contributed by atoms with Crippen LogP contribution in [0, 0.1) is 6.92 Å². The standard InChI is InChI=1S/C25H20ClN3O3S2/c1-14-4-5-15(12-19(14)26)27-25-29(16-6-8-17(30)9-7-16)23(31)22(34-25)24-28(2)20-13-18(32-3)10-11-21(20)33-24/h4-13,30H,1-3H3/b24-22-,27-25?. The first kappa shape index (κ1) is 22.7. The molecule has 0 atom stereocenters. The zero-order valence-electron chi connectivity index (χ0n) is 18.6. The fourth-order valence-electron chi connectivity index (χ4n) is 3.62. The lowest BCUT2D eigenvalue weighted by Gasteiger charge is -2.17. The summed E-state index contributed by atoms with van der Waals surface area (Å²) in [6.07, 6.45) is 0. The Morgan fingerprint density at radius 2 is 1.79 bits per heavy atom. The van der Waals surface area contributed by atoms with Crippen LogP contribution in [0.3, 0.4) is 0 Å². The van der Waals surface area contributed by atoms with Gasteiger partial charge in [-0.05, 0) is 72.8 Å². The number of aliphatic imine (C=N–C) groups is 1. The van der Waals surface area contributed by atoms with Gasteiger partial charge < -0.3 is 14.7 Å². The van der Waals surface area contributed by atoms with Crippen LogP contribution in [0.5, 0.6) is 11.5 Å². The van der Waals surface area contributed by atoms with E-state index < -0.39 is 0 Å². The van der Waals surface area contributed by atoms with Gasteiger partial charge in [0.05, 0.1) is 29.2 Å². The lowest BCUT2D eigenvalue weighted by atomic mass is 10.2. The molecule has 0 unspecified atom stereocenters. The number of anilines is 2. The van der Waals surface area contributed by atoms with Crippen LogP contribution in [0.4, 0.5) is 17.1 Å². The highest BCUT2D eigenvalue weighted by Gasteiger charge is 2.40. The van der Waals surface area contributed by atoms with Crippen LogP contribution >= 0.6 is 35.1 Å². The third kappa shape index (κ3) is 4.02. The number of carbonyl (C=O) groups is 1. The van der Waals surface area contributed by atoms with E-state index in [1.807, 2.05) is 49.2 Å². The molecular formula is C25H20ClN3O3S2. The number of rotatable bonds is 3. The minimum atomic E-state index is -0.179. The van der Waals surface area contributed by atoms with E-state index in [-0.39, 0.29) is 11.7 Å². The van der Waals surface area contributed by atoms with Crippen molar-refractivity contribution in [3.05, 3.63) is 81.2 Å². The van der Waals surface area contributed by atoms with Gasteiger partial charge in [-0.3, -0.25) is 9.69 Å². The summed E-state index contributed by atoms with van der Waals surface area (Å²) in [6.45, 7) is 1.93. The molecule has 2 heterocycles. The van der Waals surface area contributed by atoms with Crippen molar-refractivity contribution in [2.75, 3.05) is 24.0 Å². The SMILES string of the molecule is COc1ccc2c(c1)N(C)/C(=C1/SC(=Nc3ccc(C)c(Cl)c3)N(c3ccc(O)cc3)C1=O)S2. The first-order valence-electron chi connectivity index (χ1n) is 10.4. The van der Waals surface area contributed by atoms with Gasteiger partial charge in [0.15, 0.2) is 5.17 Å². The molecule has 5 rings (SSSR count). The molecule has 0 bridgehead atoms. The molecule has 0 spiro atoms. The highest BCUT2D eigenvalue weighted by molar-refractivity contribution is 8.20. The van der Waals surface area contributed by atoms with Crippen molar-refractivity contribution in [3.63, 3.8) is 0 Å². The molecule has 9 heteroatoms. The van der Waals surface area contributed by atoms with Gasteiger partial charge in [-0.15, -0.1) is 0 Å². The second-order valence-electron chi connectivity index (χ2n) is 7.72. The van der Waals surface area contributed by atoms with Crippen LogP contribution in [0.1, 0.15) is 5.56 Å². The van der Waals surface area contributed by atoms with Crippen molar-refractivity contribution in [2.45, 2.75) is 11.8 Å². The maximum atomic E-state index is 13.7. The Bertz CT molecular complexity index is 1370. The molecule has 0 radical (unpaired) electrons. The summed E-state index contributed by atoms with van der Waals surface area (Å²) in [4.78, 5) is 23.7. The van der Waals surface area contributed by atoms with Crippen molar-refractivity contribution >= 4 is 63.3 Å². The van der Waals surface area contributed by atoms with E-state index in [1.165, 1.54) is 11.8 Å². The van der Waals surface area contributed by atoms with Crippen molar-refractivity contribution in [2.24, 2.45) is 4.99 Å². The molecule has 1 fully saturated rings. The maximum absolute atomic E-state index is 13.7. The van der Waals surface area contributed by atoms with Crippen LogP contribution < -0.4 is 14.5 Å². The zero-order chi connectivity index (χ0) is 24.0. The number of thioether (sulfide) groups is 2. The molecule has 2 aliphatic rings. The lowest BCUT2D eigenvalue weighted by Crippen LogP contribution is -2.29. The number of benzene rings is 3. The van der Waals surface area contributed by atoms with Gasteiger partial charge in [0.25, 0.3) is 5.91 Å². The van der Waals surface area contributed by atoms with Crippen LogP contribution in [0.15, 0.2) is 80.5 Å². The molecule has 3 aromatic rings. The largest absolute Gasteiger partial charge is 0.508 e. The van der Waals surface area contributed by atoms with E-state index in [4.69, 9.17) is 21.3 Å². The number of halogens is 1. The summed E-state index contributed by atoms with van der Waals surface area (Å²) >= 11 is 9.17. The highest BCUT2D eigenvalue weighted by Crippen LogP contribution is 2.51. The Morgan fingerprint density at radius 3 is 2.50 bits per heavy atom. The predicted octanol–water partition coefficient (Wildman–Crippen LogP) is 6.54. The van der Waals surface area contributed by atoms with Crippen LogP contribution in [-0.2, 0) is 4.79 Å². The summed E-state index contributed by atoms with van der Waals surface area (Å²) in [5.74, 6) is 0.703. The van der Waals surface area contributed by atoms with E-state index in [0.29, 0.717) is 26.5 Å². The number of phenolic OH excluding ortho intramolecular Hbond substituents is 1. The molecular weight excluding hydrogens is 490 g/mol. The van der Waals surface area contributed by atoms with Crippen LogP contribution in [-0.4, -0.2) is 30.3 Å². The van der Waals surface area contributed by atoms with Crippen molar-refractivity contribution in [1.29, 1.82) is 0 Å². The highest BCUT2D eigenvalue weighted by atomic mass is 35.5. The number of ether oxygens (including phenoxy) is 1. The first-order chi connectivity index (χ1) is 16.4. The molecule has 172 valence electrons. The number of phenols is 1. The van der Waals surface area contributed by atoms with Gasteiger partial charge in [0.1, 0.15) is 16.4 Å². The molecule has 3 aromatic carbocycles. The summed E-state index contributed by atoms with van der Waals surface area (Å²) < 4.78 is 5.37. The number of aromatic hydroxyl groups is 1. The quantitative estimate of drug-likeness (QED) is 0.404. The minimum absolute atomic E-state index is 0.126. The monoisotopic (exact) mass is 509 g/mol. The van der Waals surface area contributed by atoms with Crippen molar-refractivity contribution in [3.8, 4) is 11.5 Å². The molecule has 0 aliphatic carbocycles. The Labute approximate surface area is 210 Å². The molecule has 0 saturated carbocycles. The normalized spacial score (nSPS) is 18.7. The minimum Gasteiger partial charge on any atom is -0.508 e. The zero-order valence-corrected chi connectivity index (χ0v) is 21.0. The maximum Gasteiger partial charge on any atom is 0.274 e. The van der Waals surface area contributed by atoms with E-state index in [9.17, 15) is 9.90 Å². The van der Waals surface area contributed by atoms with Gasteiger partial charge in [-0.1, -0.05) is 29.4 Å². The second-order valence-corrected chi connectivity index (χ2v) is 10.1. The smallest absolute Gasteiger partial charge is 0.274 e. The average molecular weight is 510 g/mol. The third-order valence-corrected chi connectivity index (χ3v) is 8.30. The van der Waals surface area contributed by atoms with E-state index in [1.54, 1.807) is 54.1 Å². The third-order valence-electron chi connectivity index (χ3n) is 5.50. The van der Waals surface area contributed by atoms with Gasteiger partial charge in [-0.2, -0.15) is 0 Å². The summed E-state index contributed by atoms with van der Waals surface area (Å²) in [6, 6.07) is 17.9. The molecule has 1 N–H and O–H groups in total. The van der Waals surface area contributed by atoms with Crippen molar-refractivity contribution in [1.82, 2.24) is 0 Å². The number of carbonyl (C=O) groups excluding carboxylic acids is 1. The molecule has 0 aromatic heterocycles. The lowest BCUT2D eigenvalue weighted by molar-refractivity contribution is -0.113. The Balaban J connectivity index is 1.60. The number of amidine groups is 1. The Hall–Kier alpha value is -3.07. The molecule has 34 heavy (non-hydrogen) atoms. The summed E-state index contributed by atoms with van der Waals surface area (Å²) in [5.41, 5.74) is 3.21. The average Bonchev–Trinajstić information content (AvgIpc) is 3.32. The first-order valence-corrected chi connectivity index (χ1v) is 12.4. The number of aryl methyl sites for hydroxylation is 1. The van der Waals surface area contributed by atoms with E-state index >= 15 is 0 Å². The molecule has 1 saturated heterocycles. The molecule has 2 aliphatic heterocycles. The van der Waals surface area contributed by atoms with Gasteiger partial charge in [-0.25, -0.2) is 4.99 Å². The molecule has 6 nitrogen and oxygen atoms in total. The fraction of sp³-hybridized carbons (Fsp3) is 0.120. The van der Waals surface area contributed by atoms with E-state index in [0.717, 1.165) is 26.9 Å². The summed E-state index contributed by atoms with van der Waals surface area (Å²) in [5, 5.41) is 11.7. The van der Waals surface area contributed by atoms with Crippen LogP contribution in [0.25, 0.3) is 0 Å². The van der Waals surface area contributed by atoms with Crippen molar-refractivity contribution < 1.29 is 14.6 Å². The number of amides is 1. The number of hydrogen-bond acceptors (Lipinski definition) is 7. The number of hydrogen-bond donors (Lipinski definition) is 1. The van der Waals surface area contributed by atoms with E-state index in [2.05, 4.69) is 0 Å². The van der Waals surface area contributed by atoms with Gasteiger partial charge in [0, 0.05) is 23.0 Å². The second kappa shape index (κ2) is 8.94. The van der Waals surface area contributed by atoms with Gasteiger partial charge in [0.2, 0.25) is 0 Å². The Morgan fingerprint density at radius 1 is 1.03 bits per heavy atom. The number of fused-ring (bicyclic) bond motifs is 1. The van der Waals surface area contributed by atoms with Gasteiger partial charge >= 0.3 is 0 Å². The van der Waals surface area contributed by atoms with Crippen LogP contribution in [0.2, 0.25) is 5.02 Å². The summed E-state index contributed by atoms with van der Waals surface area (Å²) in [7, 11) is 3.57. The number of nitrogens with zero attached hydrogens (tertiary/aromatic N) is 3. The predicted molar refractivity (Wildman–Crippen MR) is 141 cm³/mol. The number of methoxy groups -OCH3 is 1. The topological polar surface area (TPSA) is 65.4 Å².